The number of hydrogen-bond acceptors (Lipinski definition) is 2. The van der Waals surface area contributed by atoms with E-state index in [0.717, 1.165) is 12.8 Å². The summed E-state index contributed by atoms with van der Waals surface area (Å²) in [6.07, 6.45) is 2.12. The third kappa shape index (κ3) is 2.32. The Kier molecular flexibility index (Phi) is 2.97. The number of carbonyl (C=O) groups is 2. The highest BCUT2D eigenvalue weighted by atomic mass is 19.1. The maximum absolute atomic E-state index is 13.6. The summed E-state index contributed by atoms with van der Waals surface area (Å²) in [6.45, 7) is 1.10. The van der Waals surface area contributed by atoms with Crippen molar-refractivity contribution in [3.05, 3.63) is 35.6 Å². The van der Waals surface area contributed by atoms with Crippen molar-refractivity contribution in [3.63, 3.8) is 0 Å². The molecule has 1 saturated heterocycles. The van der Waals surface area contributed by atoms with E-state index in [9.17, 15) is 14.0 Å². The Morgan fingerprint density at radius 2 is 1.95 bits per heavy atom. The molecule has 1 aromatic carbocycles. The molecule has 0 bridgehead atoms. The predicted molar refractivity (Wildman–Crippen MR) is 67.0 cm³/mol. The monoisotopic (exact) mass is 262 g/mol. The smallest absolute Gasteiger partial charge is 0.257 e. The van der Waals surface area contributed by atoms with Crippen LogP contribution in [0.2, 0.25) is 0 Å². The van der Waals surface area contributed by atoms with Gasteiger partial charge in [-0.2, -0.15) is 0 Å². The molecule has 1 saturated carbocycles. The minimum atomic E-state index is -0.537. The first-order chi connectivity index (χ1) is 9.16. The maximum atomic E-state index is 13.6. The summed E-state index contributed by atoms with van der Waals surface area (Å²) in [4.78, 5) is 27.4. The van der Waals surface area contributed by atoms with Gasteiger partial charge in [0.2, 0.25) is 5.91 Å². The second kappa shape index (κ2) is 4.64. The zero-order valence-corrected chi connectivity index (χ0v) is 10.5. The van der Waals surface area contributed by atoms with Gasteiger partial charge in [0.25, 0.3) is 5.91 Å². The van der Waals surface area contributed by atoms with Gasteiger partial charge in [-0.15, -0.1) is 0 Å². The molecule has 4 nitrogen and oxygen atoms in total. The molecule has 5 heteroatoms. The van der Waals surface area contributed by atoms with E-state index in [0.29, 0.717) is 19.1 Å². The van der Waals surface area contributed by atoms with Gasteiger partial charge in [0.15, 0.2) is 0 Å². The summed E-state index contributed by atoms with van der Waals surface area (Å²) in [5.41, 5.74) is 0.0372. The molecule has 0 atom stereocenters. The third-order valence-electron chi connectivity index (χ3n) is 3.64. The van der Waals surface area contributed by atoms with Crippen LogP contribution in [0, 0.1) is 5.82 Å². The molecule has 100 valence electrons. The van der Waals surface area contributed by atoms with Crippen molar-refractivity contribution >= 4 is 11.8 Å². The Bertz CT molecular complexity index is 528. The van der Waals surface area contributed by atoms with Crippen LogP contribution in [-0.4, -0.2) is 47.3 Å². The highest BCUT2D eigenvalue weighted by Crippen LogP contribution is 2.28. The van der Waals surface area contributed by atoms with Gasteiger partial charge in [0.05, 0.1) is 5.56 Å². The molecule has 1 aliphatic carbocycles. The van der Waals surface area contributed by atoms with Crippen molar-refractivity contribution < 1.29 is 14.0 Å². The second-order valence-electron chi connectivity index (χ2n) is 5.02. The highest BCUT2D eigenvalue weighted by Gasteiger charge is 2.37. The molecule has 0 N–H and O–H groups in total. The van der Waals surface area contributed by atoms with Crippen LogP contribution >= 0.6 is 0 Å². The Hall–Kier alpha value is -1.91. The van der Waals surface area contributed by atoms with Gasteiger partial charge >= 0.3 is 0 Å². The lowest BCUT2D eigenvalue weighted by Gasteiger charge is -2.34. The molecule has 2 amide bonds. The van der Waals surface area contributed by atoms with Crippen LogP contribution in [0.4, 0.5) is 4.39 Å². The van der Waals surface area contributed by atoms with E-state index in [2.05, 4.69) is 0 Å². The minimum Gasteiger partial charge on any atom is -0.336 e. The van der Waals surface area contributed by atoms with Crippen LogP contribution in [0.3, 0.4) is 0 Å². The van der Waals surface area contributed by atoms with E-state index in [1.54, 1.807) is 12.1 Å². The SMILES string of the molecule is O=C(c1ccccc1F)N1CCN(C2CC2)C(=O)C1. The molecule has 0 aromatic heterocycles. The van der Waals surface area contributed by atoms with E-state index in [-0.39, 0.29) is 18.0 Å². The van der Waals surface area contributed by atoms with E-state index < -0.39 is 11.7 Å². The summed E-state index contributed by atoms with van der Waals surface area (Å²) in [5, 5.41) is 0. The molecule has 2 aliphatic rings. The van der Waals surface area contributed by atoms with Crippen LogP contribution in [0.25, 0.3) is 0 Å². The first kappa shape index (κ1) is 12.1. The average Bonchev–Trinajstić information content (AvgIpc) is 3.23. The molecule has 3 rings (SSSR count). The van der Waals surface area contributed by atoms with Crippen LogP contribution in [-0.2, 0) is 4.79 Å². The molecule has 0 spiro atoms. The van der Waals surface area contributed by atoms with Gasteiger partial charge in [-0.25, -0.2) is 4.39 Å². The number of piperazine rings is 1. The molecule has 1 heterocycles. The molecule has 1 aliphatic heterocycles. The molecule has 0 unspecified atom stereocenters. The third-order valence-corrected chi connectivity index (χ3v) is 3.64. The largest absolute Gasteiger partial charge is 0.336 e. The summed E-state index contributed by atoms with van der Waals surface area (Å²) < 4.78 is 13.6. The number of hydrogen-bond donors (Lipinski definition) is 0. The van der Waals surface area contributed by atoms with Crippen LogP contribution in [0.5, 0.6) is 0 Å². The fourth-order valence-electron chi connectivity index (χ4n) is 2.44. The molecule has 0 radical (unpaired) electrons. The molecular weight excluding hydrogens is 247 g/mol. The first-order valence-electron chi connectivity index (χ1n) is 6.50. The van der Waals surface area contributed by atoms with Crippen LogP contribution in [0.1, 0.15) is 23.2 Å². The number of benzene rings is 1. The second-order valence-corrected chi connectivity index (χ2v) is 5.02. The minimum absolute atomic E-state index is 0.0292. The number of rotatable bonds is 2. The van der Waals surface area contributed by atoms with Gasteiger partial charge in [-0.3, -0.25) is 9.59 Å². The lowest BCUT2D eigenvalue weighted by atomic mass is 10.1. The van der Waals surface area contributed by atoms with Crippen LogP contribution in [0.15, 0.2) is 24.3 Å². The molecular formula is C14H15FN2O2. The van der Waals surface area contributed by atoms with Crippen molar-refractivity contribution in [1.29, 1.82) is 0 Å². The number of nitrogens with zero attached hydrogens (tertiary/aromatic N) is 2. The molecule has 2 fully saturated rings. The Balaban J connectivity index is 1.72. The Morgan fingerprint density at radius 3 is 2.58 bits per heavy atom. The van der Waals surface area contributed by atoms with Gasteiger partial charge < -0.3 is 9.80 Å². The van der Waals surface area contributed by atoms with Gasteiger partial charge in [-0.05, 0) is 25.0 Å². The number of amides is 2. The van der Waals surface area contributed by atoms with Gasteiger partial charge in [-0.1, -0.05) is 12.1 Å². The Morgan fingerprint density at radius 1 is 1.21 bits per heavy atom. The zero-order chi connectivity index (χ0) is 13.4. The summed E-state index contributed by atoms with van der Waals surface area (Å²) in [5.74, 6) is -0.968. The fourth-order valence-corrected chi connectivity index (χ4v) is 2.44. The fraction of sp³-hybridized carbons (Fsp3) is 0.429. The van der Waals surface area contributed by atoms with Crippen molar-refractivity contribution in [2.24, 2.45) is 0 Å². The van der Waals surface area contributed by atoms with Crippen molar-refractivity contribution in [1.82, 2.24) is 9.80 Å². The van der Waals surface area contributed by atoms with Crippen molar-refractivity contribution in [3.8, 4) is 0 Å². The van der Waals surface area contributed by atoms with Gasteiger partial charge in [0.1, 0.15) is 12.4 Å². The van der Waals surface area contributed by atoms with E-state index in [1.807, 2.05) is 4.90 Å². The van der Waals surface area contributed by atoms with Gasteiger partial charge in [0, 0.05) is 19.1 Å². The van der Waals surface area contributed by atoms with E-state index in [4.69, 9.17) is 0 Å². The maximum Gasteiger partial charge on any atom is 0.257 e. The van der Waals surface area contributed by atoms with Crippen molar-refractivity contribution in [2.45, 2.75) is 18.9 Å². The quantitative estimate of drug-likeness (QED) is 0.805. The number of halogens is 1. The zero-order valence-electron chi connectivity index (χ0n) is 10.5. The predicted octanol–water partition coefficient (Wildman–Crippen LogP) is 1.27. The Labute approximate surface area is 110 Å². The summed E-state index contributed by atoms with van der Waals surface area (Å²) in [6, 6.07) is 6.25. The highest BCUT2D eigenvalue weighted by molar-refractivity contribution is 5.97. The topological polar surface area (TPSA) is 40.6 Å². The standard InChI is InChI=1S/C14H15FN2O2/c15-12-4-2-1-3-11(12)14(19)16-7-8-17(10-5-6-10)13(18)9-16/h1-4,10H,5-9H2. The lowest BCUT2D eigenvalue weighted by Crippen LogP contribution is -2.53. The summed E-state index contributed by atoms with van der Waals surface area (Å²) in [7, 11) is 0. The van der Waals surface area contributed by atoms with Crippen molar-refractivity contribution in [2.75, 3.05) is 19.6 Å². The number of carbonyl (C=O) groups excluding carboxylic acids is 2. The summed E-state index contributed by atoms with van der Waals surface area (Å²) >= 11 is 0. The lowest BCUT2D eigenvalue weighted by molar-refractivity contribution is -0.135. The van der Waals surface area contributed by atoms with Crippen LogP contribution < -0.4 is 0 Å². The molecule has 19 heavy (non-hydrogen) atoms. The molecule has 1 aromatic rings. The normalized spacial score (nSPS) is 19.7. The van der Waals surface area contributed by atoms with E-state index in [1.165, 1.54) is 17.0 Å². The first-order valence-corrected chi connectivity index (χ1v) is 6.50. The average molecular weight is 262 g/mol. The van der Waals surface area contributed by atoms with E-state index >= 15 is 0 Å².